The van der Waals surface area contributed by atoms with Crippen molar-refractivity contribution >= 4 is 11.7 Å². The number of hydrogen-bond donors (Lipinski definition) is 1. The van der Waals surface area contributed by atoms with Gasteiger partial charge in [-0.05, 0) is 42.5 Å². The highest BCUT2D eigenvalue weighted by atomic mass is 19.4. The summed E-state index contributed by atoms with van der Waals surface area (Å²) in [5, 5.41) is 2.57. The molecule has 132 valence electrons. The first-order valence-electron chi connectivity index (χ1n) is 7.46. The van der Waals surface area contributed by atoms with Crippen LogP contribution in [0.25, 0.3) is 0 Å². The van der Waals surface area contributed by atoms with Crippen molar-refractivity contribution in [1.82, 2.24) is 9.97 Å². The van der Waals surface area contributed by atoms with Crippen molar-refractivity contribution in [1.29, 1.82) is 0 Å². The third-order valence-electron chi connectivity index (χ3n) is 3.30. The van der Waals surface area contributed by atoms with Crippen LogP contribution in [-0.4, -0.2) is 15.9 Å². The molecule has 3 aromatic rings. The van der Waals surface area contributed by atoms with Crippen LogP contribution in [0.5, 0.6) is 11.6 Å². The summed E-state index contributed by atoms with van der Waals surface area (Å²) in [5.74, 6) is -0.407. The van der Waals surface area contributed by atoms with E-state index in [-0.39, 0.29) is 17.2 Å². The maximum atomic E-state index is 12.8. The molecule has 0 spiro atoms. The number of carbonyl (C=O) groups excluding carboxylic acids is 1. The number of nitrogens with one attached hydrogen (secondary N) is 1. The third-order valence-corrected chi connectivity index (χ3v) is 3.30. The van der Waals surface area contributed by atoms with Crippen molar-refractivity contribution in [3.63, 3.8) is 0 Å². The summed E-state index contributed by atoms with van der Waals surface area (Å²) >= 11 is 0. The minimum absolute atomic E-state index is 0.0653. The molecule has 0 aliphatic heterocycles. The van der Waals surface area contributed by atoms with Gasteiger partial charge in [0.1, 0.15) is 17.1 Å². The van der Waals surface area contributed by atoms with E-state index >= 15 is 0 Å². The Bertz CT molecular complexity index is 915. The van der Waals surface area contributed by atoms with Gasteiger partial charge in [0.2, 0.25) is 5.88 Å². The smallest absolute Gasteiger partial charge is 0.416 e. The fourth-order valence-corrected chi connectivity index (χ4v) is 2.11. The molecule has 0 atom stereocenters. The topological polar surface area (TPSA) is 64.1 Å². The van der Waals surface area contributed by atoms with Crippen LogP contribution in [0.3, 0.4) is 0 Å². The summed E-state index contributed by atoms with van der Waals surface area (Å²) in [6, 6.07) is 12.3. The van der Waals surface area contributed by atoms with E-state index in [0.29, 0.717) is 5.82 Å². The van der Waals surface area contributed by atoms with Gasteiger partial charge in [-0.2, -0.15) is 13.2 Å². The van der Waals surface area contributed by atoms with Crippen LogP contribution in [0, 0.1) is 0 Å². The summed E-state index contributed by atoms with van der Waals surface area (Å²) in [6.45, 7) is 0. The largest absolute Gasteiger partial charge is 0.438 e. The van der Waals surface area contributed by atoms with Gasteiger partial charge in [-0.1, -0.05) is 12.1 Å². The molecular weight excluding hydrogens is 347 g/mol. The second-order valence-electron chi connectivity index (χ2n) is 5.15. The maximum Gasteiger partial charge on any atom is 0.416 e. The van der Waals surface area contributed by atoms with E-state index in [9.17, 15) is 18.0 Å². The van der Waals surface area contributed by atoms with Gasteiger partial charge in [0.15, 0.2) is 0 Å². The average Bonchev–Trinajstić information content (AvgIpc) is 2.62. The van der Waals surface area contributed by atoms with Crippen LogP contribution in [0.4, 0.5) is 19.0 Å². The number of ether oxygens (including phenoxy) is 1. The molecule has 3 rings (SSSR count). The molecule has 1 N–H and O–H groups in total. The molecule has 5 nitrogen and oxygen atoms in total. The molecule has 1 aromatic carbocycles. The van der Waals surface area contributed by atoms with Gasteiger partial charge >= 0.3 is 6.18 Å². The minimum atomic E-state index is -4.50. The lowest BCUT2D eigenvalue weighted by Gasteiger charge is -2.12. The number of nitrogens with zero attached hydrogens (tertiary/aromatic N) is 2. The van der Waals surface area contributed by atoms with Gasteiger partial charge < -0.3 is 10.1 Å². The molecule has 26 heavy (non-hydrogen) atoms. The Hall–Kier alpha value is -3.42. The van der Waals surface area contributed by atoms with Gasteiger partial charge in [0.05, 0.1) is 5.56 Å². The van der Waals surface area contributed by atoms with Crippen molar-refractivity contribution in [3.05, 3.63) is 78.1 Å². The average molecular weight is 359 g/mol. The highest BCUT2D eigenvalue weighted by molar-refractivity contribution is 6.05. The molecule has 0 saturated carbocycles. The van der Waals surface area contributed by atoms with E-state index in [1.165, 1.54) is 36.7 Å². The third kappa shape index (κ3) is 4.15. The summed E-state index contributed by atoms with van der Waals surface area (Å²) in [6.07, 6.45) is -1.61. The second-order valence-corrected chi connectivity index (χ2v) is 5.15. The number of alkyl halides is 3. The second kappa shape index (κ2) is 7.22. The van der Waals surface area contributed by atoms with Gasteiger partial charge in [-0.15, -0.1) is 0 Å². The van der Waals surface area contributed by atoms with Crippen molar-refractivity contribution in [2.75, 3.05) is 5.32 Å². The highest BCUT2D eigenvalue weighted by Crippen LogP contribution is 2.33. The Kier molecular flexibility index (Phi) is 4.83. The SMILES string of the molecule is O=C(Nc1ccccn1)c1cccnc1Oc1cccc(C(F)(F)F)c1. The summed E-state index contributed by atoms with van der Waals surface area (Å²) in [5.41, 5.74) is -0.791. The maximum absolute atomic E-state index is 12.8. The number of hydrogen-bond acceptors (Lipinski definition) is 4. The molecular formula is C18H12F3N3O2. The summed E-state index contributed by atoms with van der Waals surface area (Å²) in [7, 11) is 0. The van der Waals surface area contributed by atoms with Crippen LogP contribution < -0.4 is 10.1 Å². The van der Waals surface area contributed by atoms with Crippen LogP contribution in [0.2, 0.25) is 0 Å². The minimum Gasteiger partial charge on any atom is -0.438 e. The molecule has 0 aliphatic rings. The van der Waals surface area contributed by atoms with E-state index in [2.05, 4.69) is 15.3 Å². The van der Waals surface area contributed by atoms with E-state index in [0.717, 1.165) is 12.1 Å². The van der Waals surface area contributed by atoms with Crippen molar-refractivity contribution in [2.45, 2.75) is 6.18 Å². The first kappa shape index (κ1) is 17.4. The predicted octanol–water partition coefficient (Wildman–Crippen LogP) is 4.54. The number of aromatic nitrogens is 2. The monoisotopic (exact) mass is 359 g/mol. The first-order chi connectivity index (χ1) is 12.4. The van der Waals surface area contributed by atoms with Gasteiger partial charge in [0.25, 0.3) is 5.91 Å². The van der Waals surface area contributed by atoms with Crippen LogP contribution in [0.15, 0.2) is 67.0 Å². The van der Waals surface area contributed by atoms with E-state index in [4.69, 9.17) is 4.74 Å². The molecule has 0 saturated heterocycles. The molecule has 2 heterocycles. The summed E-state index contributed by atoms with van der Waals surface area (Å²) < 4.78 is 43.9. The molecule has 1 amide bonds. The molecule has 0 bridgehead atoms. The first-order valence-corrected chi connectivity index (χ1v) is 7.46. The summed E-state index contributed by atoms with van der Waals surface area (Å²) in [4.78, 5) is 20.3. The Morgan fingerprint density at radius 1 is 0.962 bits per heavy atom. The zero-order valence-electron chi connectivity index (χ0n) is 13.2. The number of amides is 1. The number of anilines is 1. The number of halogens is 3. The Labute approximate surface area is 146 Å². The van der Waals surface area contributed by atoms with Crippen molar-refractivity contribution in [2.24, 2.45) is 0 Å². The molecule has 2 aromatic heterocycles. The van der Waals surface area contributed by atoms with E-state index in [1.807, 2.05) is 0 Å². The van der Waals surface area contributed by atoms with Gasteiger partial charge in [0, 0.05) is 12.4 Å². The molecule has 0 fully saturated rings. The number of pyridine rings is 2. The highest BCUT2D eigenvalue weighted by Gasteiger charge is 2.30. The number of rotatable bonds is 4. The molecule has 8 heteroatoms. The zero-order valence-corrected chi connectivity index (χ0v) is 13.2. The lowest BCUT2D eigenvalue weighted by Crippen LogP contribution is -2.14. The van der Waals surface area contributed by atoms with Gasteiger partial charge in [-0.3, -0.25) is 4.79 Å². The fourth-order valence-electron chi connectivity index (χ4n) is 2.11. The number of carbonyl (C=O) groups is 1. The number of benzene rings is 1. The van der Waals surface area contributed by atoms with Gasteiger partial charge in [-0.25, -0.2) is 9.97 Å². The Morgan fingerprint density at radius 2 is 1.77 bits per heavy atom. The molecule has 0 radical (unpaired) electrons. The van der Waals surface area contributed by atoms with Crippen molar-refractivity contribution in [3.8, 4) is 11.6 Å². The normalized spacial score (nSPS) is 11.0. The quantitative estimate of drug-likeness (QED) is 0.743. The van der Waals surface area contributed by atoms with Crippen LogP contribution >= 0.6 is 0 Å². The lowest BCUT2D eigenvalue weighted by molar-refractivity contribution is -0.137. The van der Waals surface area contributed by atoms with E-state index < -0.39 is 17.6 Å². The standard InChI is InChI=1S/C18H12F3N3O2/c19-18(20,21)12-5-3-6-13(11-12)26-17-14(7-4-10-23-17)16(25)24-15-8-1-2-9-22-15/h1-11H,(H,22,24,25). The predicted molar refractivity (Wildman–Crippen MR) is 87.9 cm³/mol. The molecule has 0 unspecified atom stereocenters. The Morgan fingerprint density at radius 3 is 2.50 bits per heavy atom. The van der Waals surface area contributed by atoms with Crippen molar-refractivity contribution < 1.29 is 22.7 Å². The van der Waals surface area contributed by atoms with Crippen LogP contribution in [0.1, 0.15) is 15.9 Å². The Balaban J connectivity index is 1.85. The lowest BCUT2D eigenvalue weighted by atomic mass is 10.2. The fraction of sp³-hybridized carbons (Fsp3) is 0.0556. The molecule has 0 aliphatic carbocycles. The van der Waals surface area contributed by atoms with E-state index in [1.54, 1.807) is 18.2 Å². The van der Waals surface area contributed by atoms with Crippen LogP contribution in [-0.2, 0) is 6.18 Å². The zero-order chi connectivity index (χ0) is 18.6.